The number of ether oxygens (including phenoxy) is 1. The van der Waals surface area contributed by atoms with Gasteiger partial charge in [-0.25, -0.2) is 0 Å². The lowest BCUT2D eigenvalue weighted by atomic mass is 10.0. The second kappa shape index (κ2) is 6.19. The molecule has 0 heterocycles. The van der Waals surface area contributed by atoms with E-state index in [4.69, 9.17) is 16.9 Å². The minimum atomic E-state index is 0.578. The Bertz CT molecular complexity index is 367. The van der Waals surface area contributed by atoms with Crippen molar-refractivity contribution >= 4 is 0 Å². The average Bonchev–Trinajstić information content (AvgIpc) is 2.23. The van der Waals surface area contributed by atoms with Crippen LogP contribution >= 0.6 is 0 Å². The minimum Gasteiger partial charge on any atom is -0.492 e. The number of aryl methyl sites for hydroxylation is 2. The van der Waals surface area contributed by atoms with Gasteiger partial charge in [0.2, 0.25) is 0 Å². The van der Waals surface area contributed by atoms with Gasteiger partial charge in [-0.05, 0) is 43.5 Å². The Kier molecular flexibility index (Phi) is 4.88. The van der Waals surface area contributed by atoms with E-state index in [9.17, 15) is 0 Å². The number of hydrogen-bond donors (Lipinski definition) is 1. The third-order valence-corrected chi connectivity index (χ3v) is 2.45. The van der Waals surface area contributed by atoms with E-state index in [1.54, 1.807) is 0 Å². The van der Waals surface area contributed by atoms with Crippen LogP contribution in [-0.2, 0) is 6.42 Å². The summed E-state index contributed by atoms with van der Waals surface area (Å²) in [6.07, 6.45) is 6.74. The molecule has 0 aromatic heterocycles. The molecule has 0 aliphatic heterocycles. The normalized spacial score (nSPS) is 9.88. The topological polar surface area (TPSA) is 35.2 Å². The highest BCUT2D eigenvalue weighted by Gasteiger charge is 2.05. The lowest BCUT2D eigenvalue weighted by Crippen LogP contribution is -2.05. The molecule has 0 aliphatic rings. The molecule has 0 atom stereocenters. The van der Waals surface area contributed by atoms with Crippen molar-refractivity contribution < 1.29 is 4.74 Å². The van der Waals surface area contributed by atoms with Gasteiger partial charge in [-0.1, -0.05) is 12.1 Å². The van der Waals surface area contributed by atoms with Gasteiger partial charge in [0.15, 0.2) is 0 Å². The number of terminal acetylenes is 1. The smallest absolute Gasteiger partial charge is 0.125 e. The van der Waals surface area contributed by atoms with Crippen molar-refractivity contribution in [2.45, 2.75) is 26.7 Å². The van der Waals surface area contributed by atoms with Crippen molar-refractivity contribution in [3.63, 3.8) is 0 Å². The maximum Gasteiger partial charge on any atom is 0.125 e. The summed E-state index contributed by atoms with van der Waals surface area (Å²) in [5.41, 5.74) is 9.12. The zero-order chi connectivity index (χ0) is 12.0. The number of nitrogens with two attached hydrogens (primary N) is 1. The fourth-order valence-corrected chi connectivity index (χ4v) is 1.79. The maximum atomic E-state index is 5.67. The molecule has 2 nitrogen and oxygen atoms in total. The molecule has 0 unspecified atom stereocenters. The first-order chi connectivity index (χ1) is 7.69. The molecule has 0 aliphatic carbocycles. The molecule has 2 heteroatoms. The van der Waals surface area contributed by atoms with Gasteiger partial charge < -0.3 is 10.5 Å². The highest BCUT2D eigenvalue weighted by molar-refractivity contribution is 5.43. The predicted molar refractivity (Wildman–Crippen MR) is 67.6 cm³/mol. The van der Waals surface area contributed by atoms with Crippen molar-refractivity contribution in [1.29, 1.82) is 0 Å². The Morgan fingerprint density at radius 3 is 2.44 bits per heavy atom. The average molecular weight is 217 g/mol. The number of rotatable bonds is 5. The Labute approximate surface area is 97.8 Å². The Balaban J connectivity index is 2.81. The monoisotopic (exact) mass is 217 g/mol. The van der Waals surface area contributed by atoms with Crippen LogP contribution < -0.4 is 10.5 Å². The molecule has 0 amide bonds. The lowest BCUT2D eigenvalue weighted by molar-refractivity contribution is 0.322. The predicted octanol–water partition coefficient (Wildman–Crippen LogP) is 2.21. The Morgan fingerprint density at radius 2 is 1.94 bits per heavy atom. The summed E-state index contributed by atoms with van der Waals surface area (Å²) >= 11 is 0. The zero-order valence-corrected chi connectivity index (χ0v) is 10.0. The summed E-state index contributed by atoms with van der Waals surface area (Å²) in [5.74, 6) is 3.52. The van der Waals surface area contributed by atoms with Gasteiger partial charge >= 0.3 is 0 Å². The highest BCUT2D eigenvalue weighted by Crippen LogP contribution is 2.25. The molecule has 86 valence electrons. The molecule has 2 N–H and O–H groups in total. The molecular formula is C14H19NO. The zero-order valence-electron chi connectivity index (χ0n) is 10.0. The second-order valence-corrected chi connectivity index (χ2v) is 3.90. The van der Waals surface area contributed by atoms with Crippen molar-refractivity contribution in [2.75, 3.05) is 13.2 Å². The summed E-state index contributed by atoms with van der Waals surface area (Å²) in [6, 6.07) is 4.26. The molecule has 0 bridgehead atoms. The van der Waals surface area contributed by atoms with Crippen molar-refractivity contribution in [2.24, 2.45) is 5.73 Å². The largest absolute Gasteiger partial charge is 0.492 e. The van der Waals surface area contributed by atoms with E-state index in [1.165, 1.54) is 5.56 Å². The summed E-state index contributed by atoms with van der Waals surface area (Å²) in [7, 11) is 0. The van der Waals surface area contributed by atoms with Crippen LogP contribution in [0.2, 0.25) is 0 Å². The minimum absolute atomic E-state index is 0.578. The van der Waals surface area contributed by atoms with E-state index in [2.05, 4.69) is 31.9 Å². The van der Waals surface area contributed by atoms with Crippen LogP contribution in [0.15, 0.2) is 12.1 Å². The Morgan fingerprint density at radius 1 is 1.31 bits per heavy atom. The van der Waals surface area contributed by atoms with Gasteiger partial charge in [0.25, 0.3) is 0 Å². The Hall–Kier alpha value is -1.46. The molecular weight excluding hydrogens is 198 g/mol. The number of hydrogen-bond acceptors (Lipinski definition) is 2. The lowest BCUT2D eigenvalue weighted by Gasteiger charge is -2.13. The standard InChI is InChI=1S/C14H19NO/c1-4-5-8-16-14-11(2)9-13(6-7-15)10-12(14)3/h1,9-10H,5-8,15H2,2-3H3. The number of benzene rings is 1. The maximum absolute atomic E-state index is 5.67. The molecule has 1 rings (SSSR count). The summed E-state index contributed by atoms with van der Waals surface area (Å²) in [5, 5.41) is 0. The van der Waals surface area contributed by atoms with Gasteiger partial charge in [0.1, 0.15) is 5.75 Å². The first-order valence-electron chi connectivity index (χ1n) is 5.55. The van der Waals surface area contributed by atoms with Crippen LogP contribution in [0, 0.1) is 26.2 Å². The molecule has 0 radical (unpaired) electrons. The van der Waals surface area contributed by atoms with Crippen LogP contribution in [0.5, 0.6) is 5.75 Å². The van der Waals surface area contributed by atoms with Crippen LogP contribution in [0.4, 0.5) is 0 Å². The summed E-state index contributed by atoms with van der Waals surface area (Å²) in [6.45, 7) is 5.36. The van der Waals surface area contributed by atoms with E-state index in [0.29, 0.717) is 19.6 Å². The second-order valence-electron chi connectivity index (χ2n) is 3.90. The third kappa shape index (κ3) is 3.29. The van der Waals surface area contributed by atoms with E-state index >= 15 is 0 Å². The summed E-state index contributed by atoms with van der Waals surface area (Å²) < 4.78 is 5.67. The molecule has 0 saturated carbocycles. The van der Waals surface area contributed by atoms with Crippen LogP contribution in [0.25, 0.3) is 0 Å². The quantitative estimate of drug-likeness (QED) is 0.606. The van der Waals surface area contributed by atoms with Gasteiger partial charge in [-0.3, -0.25) is 0 Å². The first-order valence-corrected chi connectivity index (χ1v) is 5.55. The molecule has 0 saturated heterocycles. The van der Waals surface area contributed by atoms with Crippen LogP contribution in [0.3, 0.4) is 0 Å². The fourth-order valence-electron chi connectivity index (χ4n) is 1.79. The van der Waals surface area contributed by atoms with Crippen LogP contribution in [-0.4, -0.2) is 13.2 Å². The van der Waals surface area contributed by atoms with E-state index in [-0.39, 0.29) is 0 Å². The molecule has 1 aromatic rings. The summed E-state index contributed by atoms with van der Waals surface area (Å²) in [4.78, 5) is 0. The molecule has 0 spiro atoms. The molecule has 0 fully saturated rings. The van der Waals surface area contributed by atoms with Crippen molar-refractivity contribution in [1.82, 2.24) is 0 Å². The van der Waals surface area contributed by atoms with Gasteiger partial charge in [-0.15, -0.1) is 12.3 Å². The van der Waals surface area contributed by atoms with E-state index in [0.717, 1.165) is 23.3 Å². The SMILES string of the molecule is C#CCCOc1c(C)cc(CCN)cc1C. The molecule has 16 heavy (non-hydrogen) atoms. The molecule has 1 aromatic carbocycles. The van der Waals surface area contributed by atoms with Crippen molar-refractivity contribution in [3.05, 3.63) is 28.8 Å². The fraction of sp³-hybridized carbons (Fsp3) is 0.429. The van der Waals surface area contributed by atoms with E-state index in [1.807, 2.05) is 0 Å². The van der Waals surface area contributed by atoms with Crippen molar-refractivity contribution in [3.8, 4) is 18.1 Å². The first kappa shape index (κ1) is 12.6. The van der Waals surface area contributed by atoms with Gasteiger partial charge in [0, 0.05) is 6.42 Å². The third-order valence-electron chi connectivity index (χ3n) is 2.45. The van der Waals surface area contributed by atoms with Crippen LogP contribution in [0.1, 0.15) is 23.1 Å². The van der Waals surface area contributed by atoms with E-state index < -0.39 is 0 Å². The van der Waals surface area contributed by atoms with Gasteiger partial charge in [-0.2, -0.15) is 0 Å². The highest BCUT2D eigenvalue weighted by atomic mass is 16.5. The van der Waals surface area contributed by atoms with Gasteiger partial charge in [0.05, 0.1) is 6.61 Å².